The van der Waals surface area contributed by atoms with E-state index in [2.05, 4.69) is 35.8 Å². The molecule has 0 fully saturated rings. The summed E-state index contributed by atoms with van der Waals surface area (Å²) in [5.74, 6) is 2.23. The number of hydrogen-bond donors (Lipinski definition) is 0. The maximum absolute atomic E-state index is 14.6. The summed E-state index contributed by atoms with van der Waals surface area (Å²) in [6.45, 7) is 4.25. The van der Waals surface area contributed by atoms with Crippen molar-refractivity contribution >= 4 is 34.1 Å². The van der Waals surface area contributed by atoms with Gasteiger partial charge in [0, 0.05) is 11.1 Å². The summed E-state index contributed by atoms with van der Waals surface area (Å²) in [5.41, 5.74) is 10.7. The second-order valence-corrected chi connectivity index (χ2v) is 12.5. The number of nitrogens with zero attached hydrogens (tertiary/aromatic N) is 2. The van der Waals surface area contributed by atoms with E-state index in [4.69, 9.17) is 9.47 Å². The highest BCUT2D eigenvalue weighted by atomic mass is 19.1. The molecule has 4 nitrogen and oxygen atoms in total. The minimum atomic E-state index is -0.322. The van der Waals surface area contributed by atoms with E-state index in [0.29, 0.717) is 11.5 Å². The van der Waals surface area contributed by atoms with Crippen molar-refractivity contribution in [3.05, 3.63) is 168 Å². The van der Waals surface area contributed by atoms with Gasteiger partial charge in [0.15, 0.2) is 23.0 Å². The van der Waals surface area contributed by atoms with Crippen molar-refractivity contribution in [1.82, 2.24) is 0 Å². The molecule has 2 aliphatic heterocycles. The van der Waals surface area contributed by atoms with Crippen molar-refractivity contribution in [2.75, 3.05) is 9.80 Å². The van der Waals surface area contributed by atoms with Crippen LogP contribution >= 0.6 is 0 Å². The van der Waals surface area contributed by atoms with Crippen LogP contribution in [0.4, 0.5) is 42.9 Å². The SMILES string of the molecule is Cc1c(-c2ccc(F)cc2)c(N2c3ccccc3Oc3ccccc32)c(-c2ccc(F)cc2)c(C)c1N1c2ccccc2Oc2ccccc21. The lowest BCUT2D eigenvalue weighted by Crippen LogP contribution is -2.22. The van der Waals surface area contributed by atoms with Crippen LogP contribution < -0.4 is 19.3 Å². The van der Waals surface area contributed by atoms with Crippen molar-refractivity contribution in [3.8, 4) is 45.3 Å². The third-order valence-electron chi connectivity index (χ3n) is 9.51. The summed E-state index contributed by atoms with van der Waals surface area (Å²) in [7, 11) is 0. The summed E-state index contributed by atoms with van der Waals surface area (Å²) < 4.78 is 42.1. The molecule has 2 aliphatic rings. The fourth-order valence-corrected chi connectivity index (χ4v) is 7.39. The Morgan fingerprint density at radius 3 is 1.02 bits per heavy atom. The maximum Gasteiger partial charge on any atom is 0.151 e. The Hall–Kier alpha value is -6.40. The fourth-order valence-electron chi connectivity index (χ4n) is 7.39. The number of halogens is 2. The van der Waals surface area contributed by atoms with Crippen LogP contribution in [0.2, 0.25) is 0 Å². The Balaban J connectivity index is 1.47. The first-order chi connectivity index (χ1) is 24.5. The average Bonchev–Trinajstić information content (AvgIpc) is 3.14. The van der Waals surface area contributed by atoms with Gasteiger partial charge in [0.05, 0.1) is 34.1 Å². The van der Waals surface area contributed by atoms with Crippen molar-refractivity contribution in [1.29, 1.82) is 0 Å². The van der Waals surface area contributed by atoms with Gasteiger partial charge in [0.25, 0.3) is 0 Å². The lowest BCUT2D eigenvalue weighted by Gasteiger charge is -2.40. The number of hydrogen-bond acceptors (Lipinski definition) is 4. The Labute approximate surface area is 289 Å². The van der Waals surface area contributed by atoms with E-state index in [1.54, 1.807) is 0 Å². The van der Waals surface area contributed by atoms with Crippen LogP contribution in [0.25, 0.3) is 22.3 Å². The number of ether oxygens (including phenoxy) is 2. The van der Waals surface area contributed by atoms with Crippen molar-refractivity contribution in [3.63, 3.8) is 0 Å². The smallest absolute Gasteiger partial charge is 0.151 e. The lowest BCUT2D eigenvalue weighted by atomic mass is 9.85. The van der Waals surface area contributed by atoms with Gasteiger partial charge in [-0.1, -0.05) is 72.8 Å². The number of benzene rings is 7. The van der Waals surface area contributed by atoms with Gasteiger partial charge in [-0.15, -0.1) is 0 Å². The zero-order valence-electron chi connectivity index (χ0n) is 27.3. The van der Waals surface area contributed by atoms with Crippen LogP contribution in [-0.4, -0.2) is 0 Å². The normalized spacial score (nSPS) is 12.6. The minimum absolute atomic E-state index is 0.322. The molecular weight excluding hydrogens is 626 g/mol. The maximum atomic E-state index is 14.6. The largest absolute Gasteiger partial charge is 0.453 e. The zero-order valence-corrected chi connectivity index (χ0v) is 27.3. The van der Waals surface area contributed by atoms with E-state index in [1.165, 1.54) is 24.3 Å². The molecule has 0 unspecified atom stereocenters. The lowest BCUT2D eigenvalue weighted by molar-refractivity contribution is 0.476. The second-order valence-electron chi connectivity index (χ2n) is 12.5. The third kappa shape index (κ3) is 4.64. The highest BCUT2D eigenvalue weighted by Crippen LogP contribution is 2.60. The molecule has 50 heavy (non-hydrogen) atoms. The predicted octanol–water partition coefficient (Wildman–Crippen LogP) is 13.1. The van der Waals surface area contributed by atoms with Gasteiger partial charge in [-0.2, -0.15) is 0 Å². The first kappa shape index (κ1) is 29.7. The monoisotopic (exact) mass is 656 g/mol. The molecule has 0 saturated heterocycles. The van der Waals surface area contributed by atoms with Crippen molar-refractivity contribution < 1.29 is 18.3 Å². The first-order valence-electron chi connectivity index (χ1n) is 16.5. The third-order valence-corrected chi connectivity index (χ3v) is 9.51. The molecule has 0 amide bonds. The van der Waals surface area contributed by atoms with Crippen LogP contribution in [0.3, 0.4) is 0 Å². The summed E-state index contributed by atoms with van der Waals surface area (Å²) in [5, 5.41) is 0. The Morgan fingerprint density at radius 2 is 0.680 bits per heavy atom. The molecule has 0 saturated carbocycles. The molecule has 9 rings (SSSR count). The van der Waals surface area contributed by atoms with Gasteiger partial charge in [0.1, 0.15) is 11.6 Å². The summed E-state index contributed by atoms with van der Waals surface area (Å²) in [6, 6.07) is 45.2. The predicted molar refractivity (Wildman–Crippen MR) is 196 cm³/mol. The zero-order chi connectivity index (χ0) is 33.9. The van der Waals surface area contributed by atoms with Gasteiger partial charge in [-0.25, -0.2) is 8.78 Å². The topological polar surface area (TPSA) is 24.9 Å². The van der Waals surface area contributed by atoms with E-state index in [9.17, 15) is 8.78 Å². The molecule has 0 bridgehead atoms. The molecule has 242 valence electrons. The van der Waals surface area contributed by atoms with Crippen LogP contribution in [0, 0.1) is 25.5 Å². The van der Waals surface area contributed by atoms with Crippen molar-refractivity contribution in [2.45, 2.75) is 13.8 Å². The molecule has 0 aliphatic carbocycles. The summed E-state index contributed by atoms with van der Waals surface area (Å²) in [6.07, 6.45) is 0. The number of anilines is 6. The van der Waals surface area contributed by atoms with Gasteiger partial charge in [-0.05, 0) is 109 Å². The van der Waals surface area contributed by atoms with Gasteiger partial charge < -0.3 is 19.3 Å². The van der Waals surface area contributed by atoms with E-state index in [0.717, 1.165) is 79.0 Å². The molecule has 7 aromatic carbocycles. The average molecular weight is 657 g/mol. The van der Waals surface area contributed by atoms with Crippen LogP contribution in [0.15, 0.2) is 146 Å². The Morgan fingerprint density at radius 1 is 0.380 bits per heavy atom. The van der Waals surface area contributed by atoms with Gasteiger partial charge in [0.2, 0.25) is 0 Å². The number of rotatable bonds is 4. The number of fused-ring (bicyclic) bond motifs is 4. The molecule has 6 heteroatoms. The van der Waals surface area contributed by atoms with Crippen LogP contribution in [-0.2, 0) is 0 Å². The van der Waals surface area contributed by atoms with Gasteiger partial charge in [-0.3, -0.25) is 0 Å². The van der Waals surface area contributed by atoms with Gasteiger partial charge >= 0.3 is 0 Å². The Bertz CT molecular complexity index is 2280. The second kappa shape index (κ2) is 11.6. The molecule has 0 radical (unpaired) electrons. The van der Waals surface area contributed by atoms with Crippen LogP contribution in [0.5, 0.6) is 23.0 Å². The van der Waals surface area contributed by atoms with E-state index < -0.39 is 0 Å². The first-order valence-corrected chi connectivity index (χ1v) is 16.5. The highest BCUT2D eigenvalue weighted by molar-refractivity contribution is 6.06. The molecule has 2 heterocycles. The molecule has 0 N–H and O–H groups in total. The molecular formula is C44H30F2N2O2. The highest BCUT2D eigenvalue weighted by Gasteiger charge is 2.36. The quantitative estimate of drug-likeness (QED) is 0.188. The number of para-hydroxylation sites is 8. The molecule has 0 spiro atoms. The molecule has 0 aromatic heterocycles. The van der Waals surface area contributed by atoms with Crippen LogP contribution in [0.1, 0.15) is 11.1 Å². The van der Waals surface area contributed by atoms with E-state index >= 15 is 0 Å². The summed E-state index contributed by atoms with van der Waals surface area (Å²) >= 11 is 0. The summed E-state index contributed by atoms with van der Waals surface area (Å²) in [4.78, 5) is 4.49. The Kier molecular flexibility index (Phi) is 6.92. The van der Waals surface area contributed by atoms with E-state index in [-0.39, 0.29) is 11.6 Å². The minimum Gasteiger partial charge on any atom is -0.453 e. The fraction of sp³-hybridized carbons (Fsp3) is 0.0455. The molecule has 0 atom stereocenters. The standard InChI is InChI=1S/C44H30F2N2O2/c1-27-41(29-19-23-31(45)24-20-29)44(48-35-13-5-9-17-39(35)50-40-18-10-6-14-36(40)48)42(30-21-25-32(46)26-22-30)28(2)43(27)47-33-11-3-7-15-37(33)49-38-16-8-4-12-34(38)47/h3-26H,1-2H3. The van der Waals surface area contributed by atoms with Crippen molar-refractivity contribution in [2.24, 2.45) is 0 Å². The van der Waals surface area contributed by atoms with E-state index in [1.807, 2.05) is 109 Å². The molecule has 7 aromatic rings.